The third-order valence-electron chi connectivity index (χ3n) is 5.26. The summed E-state index contributed by atoms with van der Waals surface area (Å²) in [6, 6.07) is 6.37. The quantitative estimate of drug-likeness (QED) is 0.778. The van der Waals surface area contributed by atoms with Gasteiger partial charge >= 0.3 is 6.18 Å². The first-order valence-corrected chi connectivity index (χ1v) is 9.21. The minimum atomic E-state index is -4.61. The predicted octanol–water partition coefficient (Wildman–Crippen LogP) is 4.40. The van der Waals surface area contributed by atoms with Gasteiger partial charge in [-0.25, -0.2) is 0 Å². The molecule has 0 spiro atoms. The van der Waals surface area contributed by atoms with Gasteiger partial charge in [0.2, 0.25) is 5.91 Å². The van der Waals surface area contributed by atoms with Gasteiger partial charge in [0, 0.05) is 30.8 Å². The summed E-state index contributed by atoms with van der Waals surface area (Å²) in [5.41, 5.74) is -0.876. The highest BCUT2D eigenvalue weighted by atomic mass is 19.4. The van der Waals surface area contributed by atoms with Gasteiger partial charge in [0.05, 0.1) is 17.9 Å². The molecule has 28 heavy (non-hydrogen) atoms. The van der Waals surface area contributed by atoms with Gasteiger partial charge in [-0.1, -0.05) is 0 Å². The van der Waals surface area contributed by atoms with E-state index >= 15 is 0 Å². The molecule has 2 aliphatic heterocycles. The van der Waals surface area contributed by atoms with Crippen LogP contribution in [0.4, 0.5) is 18.9 Å². The van der Waals surface area contributed by atoms with E-state index in [0.29, 0.717) is 38.1 Å². The van der Waals surface area contributed by atoms with Gasteiger partial charge in [0.25, 0.3) is 5.91 Å². The highest BCUT2D eigenvalue weighted by molar-refractivity contribution is 5.99. The molecule has 0 radical (unpaired) electrons. The molecule has 8 heteroatoms. The van der Waals surface area contributed by atoms with E-state index in [0.717, 1.165) is 18.6 Å². The fraction of sp³-hybridized carbons (Fsp3) is 0.400. The summed E-state index contributed by atoms with van der Waals surface area (Å²) in [7, 11) is 0. The number of alkyl halides is 3. The summed E-state index contributed by atoms with van der Waals surface area (Å²) in [5, 5.41) is 0. The van der Waals surface area contributed by atoms with Crippen LogP contribution < -0.4 is 4.90 Å². The van der Waals surface area contributed by atoms with E-state index in [1.807, 2.05) is 0 Å². The Kier molecular flexibility index (Phi) is 4.64. The van der Waals surface area contributed by atoms with Crippen LogP contribution >= 0.6 is 0 Å². The monoisotopic (exact) mass is 392 g/mol. The average molecular weight is 392 g/mol. The molecule has 0 aliphatic carbocycles. The molecule has 0 bridgehead atoms. The van der Waals surface area contributed by atoms with E-state index in [9.17, 15) is 22.8 Å². The number of carbonyl (C=O) groups excluding carboxylic acids is 2. The number of furan rings is 1. The van der Waals surface area contributed by atoms with Gasteiger partial charge < -0.3 is 14.2 Å². The van der Waals surface area contributed by atoms with Crippen molar-refractivity contribution < 1.29 is 27.2 Å². The van der Waals surface area contributed by atoms with Crippen LogP contribution in [0.25, 0.3) is 0 Å². The standard InChI is InChI=1S/C20H19F3N2O3/c21-20(22,23)14-10-13(11-15(12-14)24-7-2-6-18(24)26)19(27)25-8-1-4-16(25)17-5-3-9-28-17/h3,5,9-12,16H,1-2,4,6-8H2. The number of hydrogen-bond acceptors (Lipinski definition) is 3. The molecule has 2 aromatic rings. The molecule has 4 rings (SSSR count). The SMILES string of the molecule is O=C1CCCN1c1cc(C(=O)N2CCCC2c2ccco2)cc(C(F)(F)F)c1. The average Bonchev–Trinajstić information content (AvgIpc) is 3.40. The predicted molar refractivity (Wildman–Crippen MR) is 94.8 cm³/mol. The lowest BCUT2D eigenvalue weighted by atomic mass is 10.1. The van der Waals surface area contributed by atoms with Crippen molar-refractivity contribution in [3.05, 3.63) is 53.5 Å². The van der Waals surface area contributed by atoms with Gasteiger partial charge in [0.15, 0.2) is 0 Å². The van der Waals surface area contributed by atoms with E-state index in [4.69, 9.17) is 4.42 Å². The highest BCUT2D eigenvalue weighted by Gasteiger charge is 2.36. The van der Waals surface area contributed by atoms with Gasteiger partial charge in [-0.05, 0) is 49.6 Å². The van der Waals surface area contributed by atoms with Crippen molar-refractivity contribution in [3.8, 4) is 0 Å². The van der Waals surface area contributed by atoms with Crippen molar-refractivity contribution in [2.75, 3.05) is 18.0 Å². The molecule has 148 valence electrons. The molecule has 1 unspecified atom stereocenters. The van der Waals surface area contributed by atoms with E-state index < -0.39 is 17.6 Å². The molecule has 0 saturated carbocycles. The zero-order valence-corrected chi connectivity index (χ0v) is 15.0. The summed E-state index contributed by atoms with van der Waals surface area (Å²) in [4.78, 5) is 28.0. The number of likely N-dealkylation sites (tertiary alicyclic amines) is 1. The molecule has 2 amide bonds. The third kappa shape index (κ3) is 3.39. The Labute approximate surface area is 159 Å². The van der Waals surface area contributed by atoms with Crippen molar-refractivity contribution in [2.24, 2.45) is 0 Å². The molecule has 2 fully saturated rings. The summed E-state index contributed by atoms with van der Waals surface area (Å²) in [6.07, 6.45) is -0.780. The Morgan fingerprint density at radius 2 is 1.96 bits per heavy atom. The lowest BCUT2D eigenvalue weighted by Gasteiger charge is -2.25. The fourth-order valence-electron chi connectivity index (χ4n) is 3.93. The molecule has 3 heterocycles. The van der Waals surface area contributed by atoms with Crippen LogP contribution in [0.1, 0.15) is 53.4 Å². The largest absolute Gasteiger partial charge is 0.467 e. The number of rotatable bonds is 3. The maximum absolute atomic E-state index is 13.4. The summed E-state index contributed by atoms with van der Waals surface area (Å²) < 4.78 is 45.7. The van der Waals surface area contributed by atoms with Gasteiger partial charge in [0.1, 0.15) is 5.76 Å². The third-order valence-corrected chi connectivity index (χ3v) is 5.26. The van der Waals surface area contributed by atoms with Crippen molar-refractivity contribution in [1.82, 2.24) is 4.90 Å². The lowest BCUT2D eigenvalue weighted by Crippen LogP contribution is -2.31. The summed E-state index contributed by atoms with van der Waals surface area (Å²) in [5.74, 6) is -0.0991. The molecule has 0 N–H and O–H groups in total. The van der Waals surface area contributed by atoms with Gasteiger partial charge in [-0.2, -0.15) is 13.2 Å². The summed E-state index contributed by atoms with van der Waals surface area (Å²) >= 11 is 0. The van der Waals surface area contributed by atoms with Crippen molar-refractivity contribution in [1.29, 1.82) is 0 Å². The Hall–Kier alpha value is -2.77. The molecular weight excluding hydrogens is 373 g/mol. The first-order chi connectivity index (χ1) is 13.3. The number of hydrogen-bond donors (Lipinski definition) is 0. The van der Waals surface area contributed by atoms with E-state index in [1.54, 1.807) is 17.0 Å². The highest BCUT2D eigenvalue weighted by Crippen LogP contribution is 2.37. The number of amides is 2. The molecule has 1 aromatic carbocycles. The van der Waals surface area contributed by atoms with Crippen LogP contribution in [-0.4, -0.2) is 29.8 Å². The second-order valence-corrected chi connectivity index (χ2v) is 7.09. The second-order valence-electron chi connectivity index (χ2n) is 7.09. The van der Waals surface area contributed by atoms with Crippen LogP contribution in [0.5, 0.6) is 0 Å². The Morgan fingerprint density at radius 3 is 2.61 bits per heavy atom. The van der Waals surface area contributed by atoms with Crippen LogP contribution in [0.3, 0.4) is 0 Å². The van der Waals surface area contributed by atoms with Gasteiger partial charge in [-0.15, -0.1) is 0 Å². The zero-order chi connectivity index (χ0) is 19.9. The van der Waals surface area contributed by atoms with Crippen LogP contribution in [0.2, 0.25) is 0 Å². The van der Waals surface area contributed by atoms with Crippen LogP contribution in [0.15, 0.2) is 41.0 Å². The number of benzene rings is 1. The summed E-state index contributed by atoms with van der Waals surface area (Å²) in [6.45, 7) is 0.797. The Balaban J connectivity index is 1.71. The lowest BCUT2D eigenvalue weighted by molar-refractivity contribution is -0.137. The van der Waals surface area contributed by atoms with Crippen molar-refractivity contribution in [3.63, 3.8) is 0 Å². The molecule has 2 aliphatic rings. The minimum Gasteiger partial charge on any atom is -0.467 e. The smallest absolute Gasteiger partial charge is 0.416 e. The molecule has 1 atom stereocenters. The number of halogens is 3. The normalized spacial score (nSPS) is 20.2. The van der Waals surface area contributed by atoms with Crippen LogP contribution in [-0.2, 0) is 11.0 Å². The van der Waals surface area contributed by atoms with Crippen LogP contribution in [0, 0.1) is 0 Å². The zero-order valence-electron chi connectivity index (χ0n) is 15.0. The maximum atomic E-state index is 13.4. The topological polar surface area (TPSA) is 53.8 Å². The molecular formula is C20H19F3N2O3. The van der Waals surface area contributed by atoms with Crippen molar-refractivity contribution in [2.45, 2.75) is 37.9 Å². The Bertz CT molecular complexity index is 893. The van der Waals surface area contributed by atoms with Crippen molar-refractivity contribution >= 4 is 17.5 Å². The second kappa shape index (κ2) is 7.00. The number of anilines is 1. The maximum Gasteiger partial charge on any atom is 0.416 e. The van der Waals surface area contributed by atoms with E-state index in [1.165, 1.54) is 17.2 Å². The molecule has 2 saturated heterocycles. The van der Waals surface area contributed by atoms with E-state index in [2.05, 4.69) is 0 Å². The molecule has 1 aromatic heterocycles. The minimum absolute atomic E-state index is 0.0667. The fourth-order valence-corrected chi connectivity index (χ4v) is 3.93. The number of nitrogens with zero attached hydrogens (tertiary/aromatic N) is 2. The first kappa shape index (κ1) is 18.6. The number of carbonyl (C=O) groups is 2. The molecule has 5 nitrogen and oxygen atoms in total. The van der Waals surface area contributed by atoms with Gasteiger partial charge in [-0.3, -0.25) is 9.59 Å². The van der Waals surface area contributed by atoms with E-state index in [-0.39, 0.29) is 23.2 Å². The Morgan fingerprint density at radius 1 is 1.14 bits per heavy atom. The first-order valence-electron chi connectivity index (χ1n) is 9.21.